The smallest absolute Gasteiger partial charge is 0.247 e. The lowest BCUT2D eigenvalue weighted by Gasteiger charge is -2.46. The Balaban J connectivity index is 0.000000116. The van der Waals surface area contributed by atoms with Gasteiger partial charge in [0.05, 0.1) is 53.7 Å². The van der Waals surface area contributed by atoms with Crippen molar-refractivity contribution < 1.29 is 23.4 Å². The van der Waals surface area contributed by atoms with Crippen molar-refractivity contribution in [1.82, 2.24) is 18.3 Å². The van der Waals surface area contributed by atoms with Crippen molar-refractivity contribution in [3.8, 4) is 62.3 Å². The monoisotopic (exact) mass is 1380 g/mol. The lowest BCUT2D eigenvalue weighted by molar-refractivity contribution is -0.118. The second-order valence-corrected chi connectivity index (χ2v) is 32.3. The Morgan fingerprint density at radius 3 is 1.33 bits per heavy atom. The third-order valence-corrected chi connectivity index (χ3v) is 22.9. The van der Waals surface area contributed by atoms with E-state index in [1.807, 2.05) is 25.1 Å². The number of benzene rings is 8. The van der Waals surface area contributed by atoms with Gasteiger partial charge in [-0.2, -0.15) is 0 Å². The molecule has 1 N–H and O–H groups in total. The van der Waals surface area contributed by atoms with Crippen molar-refractivity contribution in [2.24, 2.45) is 0 Å². The van der Waals surface area contributed by atoms with Crippen LogP contribution in [0, 0.1) is 5.82 Å². The molecule has 1 unspecified atom stereocenters. The molecule has 1 saturated carbocycles. The van der Waals surface area contributed by atoms with Crippen LogP contribution >= 0.6 is 0 Å². The summed E-state index contributed by atoms with van der Waals surface area (Å²) in [4.78, 5) is 12.8. The minimum Gasteiger partial charge on any atom is -0.493 e. The van der Waals surface area contributed by atoms with Gasteiger partial charge in [0.2, 0.25) is 5.91 Å². The van der Waals surface area contributed by atoms with Gasteiger partial charge in [0.15, 0.2) is 5.82 Å². The number of nitrogens with zero attached hydrogens (tertiary/aromatic N) is 4. The first-order valence-electron chi connectivity index (χ1n) is 38.4. The number of nitrogens with one attached hydrogen (secondary N) is 1. The highest BCUT2D eigenvalue weighted by molar-refractivity contribution is 6.03. The zero-order valence-corrected chi connectivity index (χ0v) is 63.9. The predicted octanol–water partition coefficient (Wildman–Crippen LogP) is 25.3. The first-order valence-corrected chi connectivity index (χ1v) is 38.4. The van der Waals surface area contributed by atoms with Crippen molar-refractivity contribution in [2.45, 2.75) is 215 Å². The predicted molar refractivity (Wildman–Crippen MR) is 428 cm³/mol. The highest BCUT2D eigenvalue weighted by atomic mass is 19.1. The summed E-state index contributed by atoms with van der Waals surface area (Å²) in [5.74, 6) is 6.60. The fourth-order valence-electron chi connectivity index (χ4n) is 16.1. The third kappa shape index (κ3) is 13.3. The van der Waals surface area contributed by atoms with Gasteiger partial charge in [-0.15, -0.1) is 0 Å². The molecule has 1 fully saturated rings. The molecular formula is C93H106FN5O4. The summed E-state index contributed by atoms with van der Waals surface area (Å²) >= 11 is 0. The summed E-state index contributed by atoms with van der Waals surface area (Å²) in [6.45, 7) is 40.9. The normalized spacial score (nSPS) is 15.6. The summed E-state index contributed by atoms with van der Waals surface area (Å²) < 4.78 is 43.1. The second kappa shape index (κ2) is 28.4. The average Bonchev–Trinajstić information content (AvgIpc) is 1.63. The average molecular weight is 1380 g/mol. The number of amides is 1. The topological polar surface area (TPSA) is 76.5 Å². The molecule has 1 atom stereocenters. The van der Waals surface area contributed by atoms with Crippen LogP contribution in [0.1, 0.15) is 241 Å². The summed E-state index contributed by atoms with van der Waals surface area (Å²) in [7, 11) is 0. The van der Waals surface area contributed by atoms with Crippen LogP contribution in [0.4, 0.5) is 10.1 Å². The Morgan fingerprint density at radius 1 is 0.398 bits per heavy atom. The molecule has 534 valence electrons. The van der Waals surface area contributed by atoms with Gasteiger partial charge in [0.1, 0.15) is 36.5 Å². The summed E-state index contributed by atoms with van der Waals surface area (Å²) in [6.07, 6.45) is 4.94. The Labute approximate surface area is 610 Å². The molecule has 4 aliphatic heterocycles. The number of halogens is 1. The van der Waals surface area contributed by atoms with Crippen molar-refractivity contribution >= 4 is 55.2 Å². The number of carbonyl (C=O) groups excluding carboxylic acids is 1. The van der Waals surface area contributed by atoms with Gasteiger partial charge in [0, 0.05) is 72.3 Å². The van der Waals surface area contributed by atoms with Crippen LogP contribution in [0.2, 0.25) is 0 Å². The Bertz CT molecular complexity index is 5190. The van der Waals surface area contributed by atoms with Gasteiger partial charge in [0.25, 0.3) is 0 Å². The van der Waals surface area contributed by atoms with Crippen LogP contribution in [0.25, 0.3) is 88.6 Å². The quantitative estimate of drug-likeness (QED) is 0.164. The lowest BCUT2D eigenvalue weighted by atomic mass is 9.73. The van der Waals surface area contributed by atoms with E-state index in [0.717, 1.165) is 77.0 Å². The van der Waals surface area contributed by atoms with Crippen LogP contribution in [-0.2, 0) is 23.4 Å². The van der Waals surface area contributed by atoms with E-state index < -0.39 is 0 Å². The first-order chi connectivity index (χ1) is 49.4. The van der Waals surface area contributed by atoms with E-state index in [-0.39, 0.29) is 23.3 Å². The van der Waals surface area contributed by atoms with Gasteiger partial charge in [-0.3, -0.25) is 4.79 Å². The zero-order valence-electron chi connectivity index (χ0n) is 63.9. The SMILES string of the molecule is CC(C)c1ccc2c(c1)NC(=O)C(C)n1c-2cc2cc(C(C)C)ccc21.CC(C)c1ccc2c(c1)OCCC1(CCC1)n1c-2cc2cc(C(C)C)ccc21.CC(C)c1ccc2c(c1)OCCn1c-2c(F)c2cc(C(C)C)ccc21.CC(C)c1ccc2c(c1)OCCn1c-2cc2cc(C(C)C)ccc21. The molecule has 1 amide bonds. The molecule has 4 aromatic heterocycles. The maximum Gasteiger partial charge on any atom is 0.247 e. The molecular weight excluding hydrogens is 1270 g/mol. The maximum atomic E-state index is 15.4. The highest BCUT2D eigenvalue weighted by Crippen LogP contribution is 2.51. The van der Waals surface area contributed by atoms with Gasteiger partial charge in [-0.1, -0.05) is 165 Å². The molecule has 0 radical (unpaired) electrons. The number of anilines is 1. The molecule has 8 aromatic carbocycles. The molecule has 10 heteroatoms. The minimum absolute atomic E-state index is 0.0383. The standard InChI is InChI=1S/C26H31NO.C23H26N2O.C22H24FNO.C22H25NO/c1-17(2)19-7-9-23-21(14-19)15-24-22-8-6-20(18(3)4)16-25(22)28-13-12-26(27(23)24)10-5-11-26;1-13(2)16-7-9-21-18(10-16)12-22-19-8-6-17(14(3)4)11-20(19)24-23(26)15(5)25(21)22;1-13(2)15-6-8-19-18(11-15)21(23)22-17-7-5-16(14(3)4)12-20(17)25-10-9-24(19)22;1-14(2)16-6-8-20-18(11-16)12-21-19-7-5-17(15(3)4)13-22(19)24-10-9-23(20)21/h6-9,14-18H,5,10-13H2,1-4H3;6-15H,1-5H3,(H,24,26);5-8,11-14H,9-10H2,1-4H3;5-8,11-15H,9-10H2,1-4H3. The van der Waals surface area contributed by atoms with Gasteiger partial charge >= 0.3 is 0 Å². The van der Waals surface area contributed by atoms with E-state index in [1.54, 1.807) is 0 Å². The van der Waals surface area contributed by atoms with Crippen LogP contribution in [0.15, 0.2) is 164 Å². The van der Waals surface area contributed by atoms with E-state index in [2.05, 4.69) is 280 Å². The fourth-order valence-corrected chi connectivity index (χ4v) is 16.1. The molecule has 1 aliphatic carbocycles. The molecule has 103 heavy (non-hydrogen) atoms. The van der Waals surface area contributed by atoms with Crippen molar-refractivity contribution in [2.75, 3.05) is 25.1 Å². The molecule has 17 rings (SSSR count). The van der Waals surface area contributed by atoms with Gasteiger partial charge in [-0.25, -0.2) is 4.39 Å². The van der Waals surface area contributed by atoms with Gasteiger partial charge < -0.3 is 37.8 Å². The Kier molecular flexibility index (Phi) is 19.5. The molecule has 1 spiro atoms. The number of hydrogen-bond acceptors (Lipinski definition) is 4. The molecule has 12 aromatic rings. The summed E-state index contributed by atoms with van der Waals surface area (Å²) in [5, 5.41) is 7.75. The summed E-state index contributed by atoms with van der Waals surface area (Å²) in [6, 6.07) is 59.5. The number of ether oxygens (including phenoxy) is 3. The number of fused-ring (bicyclic) bond motifs is 21. The number of carbonyl (C=O) groups is 1. The fraction of sp³-hybridized carbons (Fsp3) is 0.387. The summed E-state index contributed by atoms with van der Waals surface area (Å²) in [5.41, 5.74) is 25.1. The van der Waals surface area contributed by atoms with Crippen molar-refractivity contribution in [3.05, 3.63) is 214 Å². The van der Waals surface area contributed by atoms with E-state index in [4.69, 9.17) is 14.2 Å². The molecule has 0 bridgehead atoms. The minimum atomic E-state index is -0.248. The largest absolute Gasteiger partial charge is 0.493 e. The van der Waals surface area contributed by atoms with Crippen molar-refractivity contribution in [1.29, 1.82) is 0 Å². The van der Waals surface area contributed by atoms with Crippen LogP contribution in [0.5, 0.6) is 17.2 Å². The van der Waals surface area contributed by atoms with Crippen LogP contribution in [-0.4, -0.2) is 44.0 Å². The number of aromatic nitrogens is 4. The van der Waals surface area contributed by atoms with Crippen LogP contribution in [0.3, 0.4) is 0 Å². The molecule has 8 heterocycles. The van der Waals surface area contributed by atoms with E-state index in [1.165, 1.54) is 113 Å². The van der Waals surface area contributed by atoms with Gasteiger partial charge in [-0.05, 0) is 227 Å². The van der Waals surface area contributed by atoms with E-state index in [9.17, 15) is 4.79 Å². The van der Waals surface area contributed by atoms with E-state index in [0.29, 0.717) is 71.6 Å². The Hall–Kier alpha value is -9.28. The lowest BCUT2D eigenvalue weighted by Crippen LogP contribution is -2.42. The molecule has 0 saturated heterocycles. The van der Waals surface area contributed by atoms with Crippen LogP contribution < -0.4 is 19.5 Å². The number of rotatable bonds is 8. The van der Waals surface area contributed by atoms with E-state index >= 15 is 4.39 Å². The first kappa shape index (κ1) is 70.7. The third-order valence-electron chi connectivity index (χ3n) is 22.9. The molecule has 5 aliphatic rings. The zero-order chi connectivity index (χ0) is 72.6. The maximum absolute atomic E-state index is 15.4. The Morgan fingerprint density at radius 2 is 0.796 bits per heavy atom. The van der Waals surface area contributed by atoms with Crippen molar-refractivity contribution in [3.63, 3.8) is 0 Å². The second-order valence-electron chi connectivity index (χ2n) is 32.3. The molecule has 9 nitrogen and oxygen atoms in total. The highest BCUT2D eigenvalue weighted by Gasteiger charge is 2.42. The number of hydrogen-bond donors (Lipinski definition) is 1.